The quantitative estimate of drug-likeness (QED) is 0.257. The highest BCUT2D eigenvalue weighted by molar-refractivity contribution is 14.0. The van der Waals surface area contributed by atoms with E-state index in [1.54, 1.807) is 12.3 Å². The van der Waals surface area contributed by atoms with Crippen LogP contribution in [0.25, 0.3) is 0 Å². The Kier molecular flexibility index (Phi) is 9.20. The summed E-state index contributed by atoms with van der Waals surface area (Å²) in [6.45, 7) is 6.60. The first-order chi connectivity index (χ1) is 13.2. The van der Waals surface area contributed by atoms with E-state index in [4.69, 9.17) is 0 Å². The van der Waals surface area contributed by atoms with Gasteiger partial charge < -0.3 is 20.4 Å². The van der Waals surface area contributed by atoms with Crippen molar-refractivity contribution in [1.82, 2.24) is 20.5 Å². The monoisotopic (exact) mass is 504 g/mol. The molecule has 1 aromatic heterocycles. The van der Waals surface area contributed by atoms with E-state index in [-0.39, 0.29) is 41.7 Å². The number of nitrogens with one attached hydrogen (secondary N) is 2. The molecule has 2 aliphatic rings. The average molecular weight is 504 g/mol. The van der Waals surface area contributed by atoms with Crippen LogP contribution in [0.3, 0.4) is 0 Å². The third-order valence-electron chi connectivity index (χ3n) is 4.94. The Morgan fingerprint density at radius 3 is 3.00 bits per heavy atom. The largest absolute Gasteiger partial charge is 0.357 e. The summed E-state index contributed by atoms with van der Waals surface area (Å²) < 4.78 is 13.9. The van der Waals surface area contributed by atoms with Crippen molar-refractivity contribution in [2.45, 2.75) is 38.6 Å². The number of carbonyl (C=O) groups is 1. The van der Waals surface area contributed by atoms with Crippen molar-refractivity contribution in [2.24, 2.45) is 4.99 Å². The molecule has 9 heteroatoms. The number of amides is 1. The zero-order chi connectivity index (χ0) is 19.1. The number of pyridine rings is 1. The molecule has 0 aromatic carbocycles. The number of rotatable bonds is 7. The fourth-order valence-corrected chi connectivity index (χ4v) is 3.59. The summed E-state index contributed by atoms with van der Waals surface area (Å²) in [5.41, 5.74) is 0. The minimum absolute atomic E-state index is 0. The smallest absolute Gasteiger partial charge is 0.222 e. The molecule has 0 radical (unpaired) electrons. The lowest BCUT2D eigenvalue weighted by Gasteiger charge is -2.20. The number of carbonyl (C=O) groups excluding carboxylic acids is 1. The molecule has 1 amide bonds. The molecule has 28 heavy (non-hydrogen) atoms. The first-order valence-corrected chi connectivity index (χ1v) is 9.85. The maximum absolute atomic E-state index is 13.9. The van der Waals surface area contributed by atoms with Crippen LogP contribution in [0.5, 0.6) is 0 Å². The molecule has 2 fully saturated rings. The Morgan fingerprint density at radius 1 is 1.43 bits per heavy atom. The van der Waals surface area contributed by atoms with Crippen LogP contribution in [0.2, 0.25) is 0 Å². The number of guanidine groups is 1. The maximum atomic E-state index is 13.9. The van der Waals surface area contributed by atoms with Crippen LogP contribution < -0.4 is 15.5 Å². The van der Waals surface area contributed by atoms with Gasteiger partial charge in [0.2, 0.25) is 5.91 Å². The maximum Gasteiger partial charge on any atom is 0.222 e. The Labute approximate surface area is 183 Å². The number of anilines is 1. The van der Waals surface area contributed by atoms with E-state index >= 15 is 0 Å². The Balaban J connectivity index is 0.00000280. The van der Waals surface area contributed by atoms with E-state index in [1.807, 2.05) is 16.7 Å². The number of halogens is 2. The third kappa shape index (κ3) is 6.18. The van der Waals surface area contributed by atoms with Gasteiger partial charge in [0, 0.05) is 57.9 Å². The van der Waals surface area contributed by atoms with E-state index in [1.165, 1.54) is 6.07 Å². The second-order valence-corrected chi connectivity index (χ2v) is 6.98. The number of aliphatic imine (C=N–C) groups is 1. The van der Waals surface area contributed by atoms with Crippen LogP contribution in [0.1, 0.15) is 32.6 Å². The summed E-state index contributed by atoms with van der Waals surface area (Å²) in [4.78, 5) is 24.3. The molecule has 1 atom stereocenters. The number of nitrogens with zero attached hydrogens (tertiary/aromatic N) is 4. The van der Waals surface area contributed by atoms with Gasteiger partial charge in [-0.25, -0.2) is 9.37 Å². The van der Waals surface area contributed by atoms with Gasteiger partial charge in [-0.05, 0) is 38.3 Å². The van der Waals surface area contributed by atoms with Gasteiger partial charge >= 0.3 is 0 Å². The van der Waals surface area contributed by atoms with E-state index in [2.05, 4.69) is 20.6 Å². The highest BCUT2D eigenvalue weighted by atomic mass is 127. The van der Waals surface area contributed by atoms with E-state index in [0.29, 0.717) is 25.3 Å². The van der Waals surface area contributed by atoms with Crippen molar-refractivity contribution in [2.75, 3.05) is 44.2 Å². The fraction of sp³-hybridized carbons (Fsp3) is 0.632. The number of hydrogen-bond donors (Lipinski definition) is 2. The van der Waals surface area contributed by atoms with Crippen LogP contribution in [0.15, 0.2) is 23.3 Å². The molecule has 7 nitrogen and oxygen atoms in total. The minimum atomic E-state index is -0.282. The molecule has 0 spiro atoms. The molecule has 0 bridgehead atoms. The Morgan fingerprint density at radius 2 is 2.29 bits per heavy atom. The molecule has 1 unspecified atom stereocenters. The lowest BCUT2D eigenvalue weighted by Crippen LogP contribution is -2.44. The van der Waals surface area contributed by atoms with Gasteiger partial charge in [-0.2, -0.15) is 0 Å². The SMILES string of the molecule is CCNC(=NCCCN1CCCC1=O)NC1CCN(c2ncccc2F)C1.I. The summed E-state index contributed by atoms with van der Waals surface area (Å²) in [5.74, 6) is 1.17. The van der Waals surface area contributed by atoms with Gasteiger partial charge in [0.05, 0.1) is 0 Å². The van der Waals surface area contributed by atoms with Gasteiger partial charge in [-0.1, -0.05) is 0 Å². The zero-order valence-corrected chi connectivity index (χ0v) is 18.7. The molecule has 3 heterocycles. The second-order valence-electron chi connectivity index (χ2n) is 6.98. The topological polar surface area (TPSA) is 72.9 Å². The van der Waals surface area contributed by atoms with Crippen molar-refractivity contribution >= 4 is 41.7 Å². The van der Waals surface area contributed by atoms with Crippen LogP contribution in [0, 0.1) is 5.82 Å². The van der Waals surface area contributed by atoms with Crippen molar-refractivity contribution < 1.29 is 9.18 Å². The predicted molar refractivity (Wildman–Crippen MR) is 120 cm³/mol. The second kappa shape index (κ2) is 11.4. The lowest BCUT2D eigenvalue weighted by molar-refractivity contribution is -0.127. The summed E-state index contributed by atoms with van der Waals surface area (Å²) in [5, 5.41) is 6.70. The fourth-order valence-electron chi connectivity index (χ4n) is 3.59. The van der Waals surface area contributed by atoms with Crippen LogP contribution in [-0.4, -0.2) is 67.1 Å². The highest BCUT2D eigenvalue weighted by Gasteiger charge is 2.26. The van der Waals surface area contributed by atoms with Gasteiger partial charge in [0.25, 0.3) is 0 Å². The molecular weight excluding hydrogens is 474 g/mol. The zero-order valence-electron chi connectivity index (χ0n) is 16.4. The summed E-state index contributed by atoms with van der Waals surface area (Å²) in [6.07, 6.45) is 5.04. The van der Waals surface area contributed by atoms with Crippen LogP contribution >= 0.6 is 24.0 Å². The lowest BCUT2D eigenvalue weighted by atomic mass is 10.3. The number of likely N-dealkylation sites (tertiary alicyclic amines) is 1. The first-order valence-electron chi connectivity index (χ1n) is 9.85. The Bertz CT molecular complexity index is 674. The Hall–Kier alpha value is -1.65. The third-order valence-corrected chi connectivity index (χ3v) is 4.94. The van der Waals surface area contributed by atoms with Crippen LogP contribution in [-0.2, 0) is 4.79 Å². The first kappa shape index (κ1) is 22.6. The molecule has 1 aromatic rings. The number of hydrogen-bond acceptors (Lipinski definition) is 4. The molecule has 156 valence electrons. The normalized spacial score (nSPS) is 19.7. The summed E-state index contributed by atoms with van der Waals surface area (Å²) >= 11 is 0. The van der Waals surface area contributed by atoms with Gasteiger partial charge in [0.15, 0.2) is 17.6 Å². The average Bonchev–Trinajstić information content (AvgIpc) is 3.28. The van der Waals surface area contributed by atoms with Gasteiger partial charge in [-0.15, -0.1) is 24.0 Å². The molecule has 0 saturated carbocycles. The molecule has 2 saturated heterocycles. The van der Waals surface area contributed by atoms with Crippen LogP contribution in [0.4, 0.5) is 10.2 Å². The van der Waals surface area contributed by atoms with Crippen molar-refractivity contribution in [1.29, 1.82) is 0 Å². The van der Waals surface area contributed by atoms with Crippen molar-refractivity contribution in [3.63, 3.8) is 0 Å². The van der Waals surface area contributed by atoms with Crippen molar-refractivity contribution in [3.8, 4) is 0 Å². The predicted octanol–water partition coefficient (Wildman–Crippen LogP) is 1.98. The van der Waals surface area contributed by atoms with E-state index in [0.717, 1.165) is 51.4 Å². The molecule has 0 aliphatic carbocycles. The number of aromatic nitrogens is 1. The molecule has 3 rings (SSSR count). The molecule has 2 N–H and O–H groups in total. The van der Waals surface area contributed by atoms with E-state index < -0.39 is 0 Å². The van der Waals surface area contributed by atoms with E-state index in [9.17, 15) is 9.18 Å². The van der Waals surface area contributed by atoms with Gasteiger partial charge in [-0.3, -0.25) is 9.79 Å². The summed E-state index contributed by atoms with van der Waals surface area (Å²) in [7, 11) is 0. The standard InChI is InChI=1S/C19H29FN6O.HI/c1-2-21-19(23-10-5-12-25-11-4-7-17(25)27)24-15-8-13-26(14-15)18-16(20)6-3-9-22-18;/h3,6,9,15H,2,4-5,7-8,10-14H2,1H3,(H2,21,23,24);1H. The minimum Gasteiger partial charge on any atom is -0.357 e. The van der Waals surface area contributed by atoms with Crippen molar-refractivity contribution in [3.05, 3.63) is 24.1 Å². The summed E-state index contributed by atoms with van der Waals surface area (Å²) in [6, 6.07) is 3.25. The van der Waals surface area contributed by atoms with Gasteiger partial charge in [0.1, 0.15) is 0 Å². The molecule has 2 aliphatic heterocycles. The highest BCUT2D eigenvalue weighted by Crippen LogP contribution is 2.20. The molecular formula is C19H30FIN6O.